The Kier molecular flexibility index (Phi) is 5.98. The van der Waals surface area contributed by atoms with Crippen molar-refractivity contribution in [3.8, 4) is 11.5 Å². The van der Waals surface area contributed by atoms with Crippen molar-refractivity contribution in [1.29, 1.82) is 0 Å². The molecular weight excluding hydrogens is 366 g/mol. The van der Waals surface area contributed by atoms with Gasteiger partial charge in [0.25, 0.3) is 0 Å². The van der Waals surface area contributed by atoms with Crippen molar-refractivity contribution >= 4 is 29.2 Å². The van der Waals surface area contributed by atoms with Gasteiger partial charge in [-0.25, -0.2) is 4.98 Å². The minimum Gasteiger partial charge on any atom is -0.493 e. The van der Waals surface area contributed by atoms with Crippen molar-refractivity contribution in [3.63, 3.8) is 0 Å². The SMILES string of the molecule is CCOc1cc(/C=C/C(=O)NCc2cn3cc(Cl)ccc3n2)ccc1OC. The molecule has 0 aliphatic heterocycles. The zero-order chi connectivity index (χ0) is 19.2. The van der Waals surface area contributed by atoms with Crippen LogP contribution in [0, 0.1) is 0 Å². The number of nitrogens with one attached hydrogen (secondary N) is 1. The van der Waals surface area contributed by atoms with Gasteiger partial charge in [-0.05, 0) is 42.8 Å². The third-order valence-corrected chi connectivity index (χ3v) is 4.05. The summed E-state index contributed by atoms with van der Waals surface area (Å²) in [6.45, 7) is 2.77. The molecule has 0 fully saturated rings. The van der Waals surface area contributed by atoms with Crippen LogP contribution in [-0.2, 0) is 11.3 Å². The predicted octanol–water partition coefficient (Wildman–Crippen LogP) is 3.72. The van der Waals surface area contributed by atoms with Crippen molar-refractivity contribution in [2.75, 3.05) is 13.7 Å². The number of carbonyl (C=O) groups is 1. The topological polar surface area (TPSA) is 64.9 Å². The maximum Gasteiger partial charge on any atom is 0.244 e. The van der Waals surface area contributed by atoms with Crippen LogP contribution >= 0.6 is 11.6 Å². The van der Waals surface area contributed by atoms with Crippen molar-refractivity contribution in [2.45, 2.75) is 13.5 Å². The first-order valence-corrected chi connectivity index (χ1v) is 8.86. The molecule has 1 N–H and O–H groups in total. The maximum atomic E-state index is 12.1. The summed E-state index contributed by atoms with van der Waals surface area (Å²) in [7, 11) is 1.59. The predicted molar refractivity (Wildman–Crippen MR) is 105 cm³/mol. The Bertz CT molecular complexity index is 982. The van der Waals surface area contributed by atoms with E-state index in [1.54, 1.807) is 25.4 Å². The molecule has 0 atom stereocenters. The summed E-state index contributed by atoms with van der Waals surface area (Å²) in [5.74, 6) is 1.09. The second-order valence-electron chi connectivity index (χ2n) is 5.74. The molecule has 7 heteroatoms. The van der Waals surface area contributed by atoms with Crippen molar-refractivity contribution in [3.05, 3.63) is 65.1 Å². The summed E-state index contributed by atoms with van der Waals surface area (Å²) in [5, 5.41) is 3.45. The Balaban J connectivity index is 1.62. The van der Waals surface area contributed by atoms with Crippen LogP contribution in [0.25, 0.3) is 11.7 Å². The zero-order valence-electron chi connectivity index (χ0n) is 15.1. The van der Waals surface area contributed by atoms with Gasteiger partial charge in [-0.2, -0.15) is 0 Å². The molecule has 1 amide bonds. The van der Waals surface area contributed by atoms with Gasteiger partial charge in [0.1, 0.15) is 5.65 Å². The van der Waals surface area contributed by atoms with Gasteiger partial charge in [-0.1, -0.05) is 17.7 Å². The van der Waals surface area contributed by atoms with Gasteiger partial charge in [0, 0.05) is 18.5 Å². The molecule has 3 aromatic rings. The second-order valence-corrected chi connectivity index (χ2v) is 6.18. The van der Waals surface area contributed by atoms with E-state index in [4.69, 9.17) is 21.1 Å². The second kappa shape index (κ2) is 8.60. The molecule has 27 heavy (non-hydrogen) atoms. The monoisotopic (exact) mass is 385 g/mol. The molecule has 0 bridgehead atoms. The molecule has 0 radical (unpaired) electrons. The van der Waals surface area contributed by atoms with Crippen LogP contribution in [0.15, 0.2) is 48.8 Å². The van der Waals surface area contributed by atoms with E-state index in [2.05, 4.69) is 10.3 Å². The number of ether oxygens (including phenoxy) is 2. The van der Waals surface area contributed by atoms with Crippen molar-refractivity contribution < 1.29 is 14.3 Å². The summed E-state index contributed by atoms with van der Waals surface area (Å²) in [4.78, 5) is 16.5. The van der Waals surface area contributed by atoms with E-state index in [1.807, 2.05) is 41.8 Å². The average molecular weight is 386 g/mol. The number of hydrogen-bond acceptors (Lipinski definition) is 4. The molecule has 1 aromatic carbocycles. The minimum absolute atomic E-state index is 0.209. The summed E-state index contributed by atoms with van der Waals surface area (Å²) < 4.78 is 12.6. The highest BCUT2D eigenvalue weighted by molar-refractivity contribution is 6.30. The molecule has 0 aliphatic carbocycles. The number of hydrogen-bond donors (Lipinski definition) is 1. The summed E-state index contributed by atoms with van der Waals surface area (Å²) in [6.07, 6.45) is 6.81. The smallest absolute Gasteiger partial charge is 0.244 e. The van der Waals surface area contributed by atoms with Crippen molar-refractivity contribution in [1.82, 2.24) is 14.7 Å². The van der Waals surface area contributed by atoms with Gasteiger partial charge in [-0.3, -0.25) is 4.79 Å². The molecule has 140 valence electrons. The molecule has 6 nitrogen and oxygen atoms in total. The molecule has 0 aliphatic rings. The number of methoxy groups -OCH3 is 1. The highest BCUT2D eigenvalue weighted by Gasteiger charge is 2.05. The van der Waals surface area contributed by atoms with Crippen LogP contribution in [0.4, 0.5) is 0 Å². The Morgan fingerprint density at radius 3 is 2.89 bits per heavy atom. The van der Waals surface area contributed by atoms with Crippen molar-refractivity contribution in [2.24, 2.45) is 0 Å². The molecular formula is C20H20ClN3O3. The highest BCUT2D eigenvalue weighted by atomic mass is 35.5. The number of fused-ring (bicyclic) bond motifs is 1. The van der Waals surface area contributed by atoms with Gasteiger partial charge in [-0.15, -0.1) is 0 Å². The fraction of sp³-hybridized carbons (Fsp3) is 0.200. The highest BCUT2D eigenvalue weighted by Crippen LogP contribution is 2.28. The number of nitrogens with zero attached hydrogens (tertiary/aromatic N) is 2. The Morgan fingerprint density at radius 1 is 1.26 bits per heavy atom. The first-order chi connectivity index (χ1) is 13.1. The van der Waals surface area contributed by atoms with E-state index >= 15 is 0 Å². The standard InChI is InChI=1S/C20H20ClN3O3/c1-3-27-18-10-14(4-7-17(18)26-2)5-9-20(25)22-11-16-13-24-12-15(21)6-8-19(24)23-16/h4-10,12-13H,3,11H2,1-2H3,(H,22,25)/b9-5+. The quantitative estimate of drug-likeness (QED) is 0.629. The van der Waals surface area contributed by atoms with Crippen LogP contribution in [-0.4, -0.2) is 29.0 Å². The number of imidazole rings is 1. The lowest BCUT2D eigenvalue weighted by Gasteiger charge is -2.09. The lowest BCUT2D eigenvalue weighted by Crippen LogP contribution is -2.20. The van der Waals surface area contributed by atoms with Gasteiger partial charge in [0.15, 0.2) is 11.5 Å². The van der Waals surface area contributed by atoms with E-state index in [9.17, 15) is 4.79 Å². The molecule has 0 saturated carbocycles. The van der Waals surface area contributed by atoms with Crippen LogP contribution in [0.3, 0.4) is 0 Å². The number of halogens is 1. The van der Waals surface area contributed by atoms with Crippen LogP contribution in [0.1, 0.15) is 18.2 Å². The zero-order valence-corrected chi connectivity index (χ0v) is 15.9. The van der Waals surface area contributed by atoms with Crippen LogP contribution in [0.2, 0.25) is 5.02 Å². The molecule has 2 aromatic heterocycles. The Morgan fingerprint density at radius 2 is 2.11 bits per heavy atom. The molecule has 3 rings (SSSR count). The lowest BCUT2D eigenvalue weighted by molar-refractivity contribution is -0.116. The van der Waals surface area contributed by atoms with Gasteiger partial charge in [0.2, 0.25) is 5.91 Å². The van der Waals surface area contributed by atoms with Crippen LogP contribution < -0.4 is 14.8 Å². The lowest BCUT2D eigenvalue weighted by atomic mass is 10.2. The van der Waals surface area contributed by atoms with E-state index in [-0.39, 0.29) is 5.91 Å². The third kappa shape index (κ3) is 4.80. The molecule has 0 spiro atoms. The molecule has 0 unspecified atom stereocenters. The van der Waals surface area contributed by atoms with Gasteiger partial charge < -0.3 is 19.2 Å². The number of rotatable bonds is 7. The number of pyridine rings is 1. The van der Waals surface area contributed by atoms with Gasteiger partial charge in [0.05, 0.1) is 31.0 Å². The largest absolute Gasteiger partial charge is 0.493 e. The first kappa shape index (κ1) is 18.8. The Hall–Kier alpha value is -2.99. The average Bonchev–Trinajstić information content (AvgIpc) is 3.07. The first-order valence-electron chi connectivity index (χ1n) is 8.49. The molecule has 0 saturated heterocycles. The van der Waals surface area contributed by atoms with E-state index in [0.717, 1.165) is 16.9 Å². The summed E-state index contributed by atoms with van der Waals surface area (Å²) >= 11 is 5.96. The van der Waals surface area contributed by atoms with E-state index in [1.165, 1.54) is 6.08 Å². The molecule has 2 heterocycles. The fourth-order valence-corrected chi connectivity index (χ4v) is 2.74. The number of carbonyl (C=O) groups excluding carboxylic acids is 1. The van der Waals surface area contributed by atoms with E-state index in [0.29, 0.717) is 29.7 Å². The third-order valence-electron chi connectivity index (χ3n) is 3.82. The fourth-order valence-electron chi connectivity index (χ4n) is 2.58. The minimum atomic E-state index is -0.209. The number of benzene rings is 1. The maximum absolute atomic E-state index is 12.1. The normalized spacial score (nSPS) is 11.1. The summed E-state index contributed by atoms with van der Waals surface area (Å²) in [5.41, 5.74) is 2.37. The summed E-state index contributed by atoms with van der Waals surface area (Å²) in [6, 6.07) is 9.10. The van der Waals surface area contributed by atoms with E-state index < -0.39 is 0 Å². The van der Waals surface area contributed by atoms with Crippen LogP contribution in [0.5, 0.6) is 11.5 Å². The van der Waals surface area contributed by atoms with Gasteiger partial charge >= 0.3 is 0 Å². The number of aromatic nitrogens is 2. The Labute approximate surface area is 162 Å². The number of amides is 1.